The van der Waals surface area contributed by atoms with Crippen molar-refractivity contribution in [1.29, 1.82) is 0 Å². The molecule has 0 bridgehead atoms. The highest BCUT2D eigenvalue weighted by atomic mass is 35.5. The molecule has 0 unspecified atom stereocenters. The molecule has 1 fully saturated rings. The number of fused-ring (bicyclic) bond motifs is 3. The van der Waals surface area contributed by atoms with Gasteiger partial charge in [0.15, 0.2) is 0 Å². The smallest absolute Gasteiger partial charge is 0.303 e. The molecule has 6 nitrogen and oxygen atoms in total. The van der Waals surface area contributed by atoms with E-state index < -0.39 is 5.97 Å². The Morgan fingerprint density at radius 2 is 1.76 bits per heavy atom. The minimum Gasteiger partial charge on any atom is -0.481 e. The van der Waals surface area contributed by atoms with Crippen molar-refractivity contribution in [3.05, 3.63) is 69.1 Å². The fraction of sp³-hybridized carbons (Fsp3) is 0.407. The lowest BCUT2D eigenvalue weighted by Crippen LogP contribution is -2.45. The lowest BCUT2D eigenvalue weighted by Gasteiger charge is -2.34. The quantitative estimate of drug-likeness (QED) is 0.419. The Bertz CT molecular complexity index is 1300. The van der Waals surface area contributed by atoms with Gasteiger partial charge in [0.1, 0.15) is 5.82 Å². The zero-order valence-electron chi connectivity index (χ0n) is 20.3. The number of aliphatic carboxylic acids is 1. The maximum atomic E-state index is 15.1. The van der Waals surface area contributed by atoms with Crippen molar-refractivity contribution >= 4 is 58.4 Å². The van der Waals surface area contributed by atoms with Crippen LogP contribution in [0.15, 0.2) is 36.4 Å². The monoisotopic (exact) mass is 567 g/mol. The largest absolute Gasteiger partial charge is 0.481 e. The standard InChI is InChI=1S/C27H28Cl2FN3O3.ClH/c28-19-10-18(11-20(29)13-19)14-33-24-15-32(9-6-21(24)22-2-1-3-23(30)27(22)33)25(34)16-31-7-4-17(5-8-31)12-26(35)36;/h1-3,10-11,13,17H,4-9,12,14-16H2,(H,35,36);1H. The highest BCUT2D eigenvalue weighted by Crippen LogP contribution is 2.34. The molecule has 0 atom stereocenters. The number of carboxylic acids is 1. The molecular weight excluding hydrogens is 540 g/mol. The minimum absolute atomic E-state index is 0. The molecule has 1 amide bonds. The molecule has 10 heteroatoms. The Balaban J connectivity index is 0.00000320. The van der Waals surface area contributed by atoms with E-state index in [9.17, 15) is 9.59 Å². The number of hydrogen-bond donors (Lipinski definition) is 1. The number of benzene rings is 2. The molecule has 2 aromatic carbocycles. The van der Waals surface area contributed by atoms with Crippen LogP contribution in [0.4, 0.5) is 4.39 Å². The zero-order valence-corrected chi connectivity index (χ0v) is 22.6. The lowest BCUT2D eigenvalue weighted by atomic mass is 9.93. The van der Waals surface area contributed by atoms with E-state index in [2.05, 4.69) is 4.90 Å². The summed E-state index contributed by atoms with van der Waals surface area (Å²) in [6.45, 7) is 3.15. The highest BCUT2D eigenvalue weighted by molar-refractivity contribution is 6.34. The van der Waals surface area contributed by atoms with Gasteiger partial charge in [-0.3, -0.25) is 14.5 Å². The number of aromatic nitrogens is 1. The van der Waals surface area contributed by atoms with Gasteiger partial charge in [0.05, 0.1) is 18.6 Å². The van der Waals surface area contributed by atoms with Gasteiger partial charge in [-0.25, -0.2) is 4.39 Å². The first-order chi connectivity index (χ1) is 17.3. The van der Waals surface area contributed by atoms with Gasteiger partial charge < -0.3 is 14.6 Å². The van der Waals surface area contributed by atoms with E-state index >= 15 is 4.39 Å². The fourth-order valence-electron chi connectivity index (χ4n) is 5.61. The number of carbonyl (C=O) groups excluding carboxylic acids is 1. The number of carbonyl (C=O) groups is 2. The average Bonchev–Trinajstić information content (AvgIpc) is 3.13. The van der Waals surface area contributed by atoms with Gasteiger partial charge in [-0.05, 0) is 73.7 Å². The second kappa shape index (κ2) is 11.6. The van der Waals surface area contributed by atoms with Gasteiger partial charge in [0, 0.05) is 40.6 Å². The van der Waals surface area contributed by atoms with Crippen molar-refractivity contribution in [3.8, 4) is 0 Å². The third kappa shape index (κ3) is 6.06. The van der Waals surface area contributed by atoms with E-state index in [1.165, 1.54) is 6.07 Å². The number of amides is 1. The molecule has 0 aliphatic carbocycles. The number of carboxylic acid groups (broad SMARTS) is 1. The van der Waals surface area contributed by atoms with Gasteiger partial charge in [-0.1, -0.05) is 35.3 Å². The van der Waals surface area contributed by atoms with E-state index in [-0.39, 0.29) is 36.5 Å². The van der Waals surface area contributed by atoms with Gasteiger partial charge in [-0.2, -0.15) is 0 Å². The summed E-state index contributed by atoms with van der Waals surface area (Å²) in [5, 5.41) is 10.9. The van der Waals surface area contributed by atoms with Crippen LogP contribution in [-0.2, 0) is 29.1 Å². The van der Waals surface area contributed by atoms with Crippen LogP contribution in [0.1, 0.15) is 36.1 Å². The van der Waals surface area contributed by atoms with Crippen LogP contribution < -0.4 is 0 Å². The van der Waals surface area contributed by atoms with Crippen molar-refractivity contribution in [1.82, 2.24) is 14.4 Å². The van der Waals surface area contributed by atoms with Gasteiger partial charge in [-0.15, -0.1) is 12.4 Å². The number of halogens is 4. The van der Waals surface area contributed by atoms with E-state index in [0.717, 1.165) is 48.1 Å². The molecule has 3 heterocycles. The molecule has 1 saturated heterocycles. The molecule has 2 aliphatic heterocycles. The molecular formula is C27H29Cl3FN3O3. The normalized spacial score (nSPS) is 16.5. The molecule has 5 rings (SSSR count). The number of nitrogens with zero attached hydrogens (tertiary/aromatic N) is 3. The topological polar surface area (TPSA) is 65.8 Å². The summed E-state index contributed by atoms with van der Waals surface area (Å²) in [6, 6.07) is 10.5. The molecule has 0 spiro atoms. The highest BCUT2D eigenvalue weighted by Gasteiger charge is 2.30. The van der Waals surface area contributed by atoms with E-state index in [1.54, 1.807) is 12.1 Å². The third-order valence-electron chi connectivity index (χ3n) is 7.37. The summed E-state index contributed by atoms with van der Waals surface area (Å²) < 4.78 is 17.0. The Morgan fingerprint density at radius 3 is 2.43 bits per heavy atom. The van der Waals surface area contributed by atoms with E-state index in [0.29, 0.717) is 48.2 Å². The Morgan fingerprint density at radius 1 is 1.05 bits per heavy atom. The first-order valence-corrected chi connectivity index (χ1v) is 13.0. The fourth-order valence-corrected chi connectivity index (χ4v) is 6.18. The second-order valence-corrected chi connectivity index (χ2v) is 10.7. The molecule has 0 radical (unpaired) electrons. The van der Waals surface area contributed by atoms with Crippen molar-refractivity contribution < 1.29 is 19.1 Å². The van der Waals surface area contributed by atoms with Gasteiger partial charge >= 0.3 is 5.97 Å². The summed E-state index contributed by atoms with van der Waals surface area (Å²) in [5.41, 5.74) is 3.42. The van der Waals surface area contributed by atoms with Crippen LogP contribution in [0.3, 0.4) is 0 Å². The summed E-state index contributed by atoms with van der Waals surface area (Å²) in [6.07, 6.45) is 2.43. The lowest BCUT2D eigenvalue weighted by molar-refractivity contribution is -0.139. The molecule has 198 valence electrons. The molecule has 1 aromatic heterocycles. The SMILES string of the molecule is Cl.O=C(O)CC1CCN(CC(=O)N2CCc3c(n(Cc4cc(Cl)cc(Cl)c4)c4c(F)cccc34)C2)CC1. The molecule has 37 heavy (non-hydrogen) atoms. The van der Waals surface area contributed by atoms with Crippen molar-refractivity contribution in [3.63, 3.8) is 0 Å². The number of hydrogen-bond acceptors (Lipinski definition) is 3. The van der Waals surface area contributed by atoms with Crippen LogP contribution in [0, 0.1) is 11.7 Å². The maximum absolute atomic E-state index is 15.1. The van der Waals surface area contributed by atoms with Crippen LogP contribution in [0.5, 0.6) is 0 Å². The summed E-state index contributed by atoms with van der Waals surface area (Å²) >= 11 is 12.4. The van der Waals surface area contributed by atoms with Gasteiger partial charge in [0.2, 0.25) is 5.91 Å². The number of para-hydroxylation sites is 1. The van der Waals surface area contributed by atoms with Crippen LogP contribution in [-0.4, -0.2) is 57.5 Å². The Labute approximate surface area is 231 Å². The van der Waals surface area contributed by atoms with Gasteiger partial charge in [0.25, 0.3) is 0 Å². The number of piperidine rings is 1. The Kier molecular flexibility index (Phi) is 8.69. The number of likely N-dealkylation sites (tertiary alicyclic amines) is 1. The zero-order chi connectivity index (χ0) is 25.4. The third-order valence-corrected chi connectivity index (χ3v) is 7.81. The molecule has 2 aliphatic rings. The predicted molar refractivity (Wildman–Crippen MR) is 145 cm³/mol. The van der Waals surface area contributed by atoms with E-state index in [1.807, 2.05) is 27.7 Å². The summed E-state index contributed by atoms with van der Waals surface area (Å²) in [5.74, 6) is -0.838. The number of rotatable bonds is 6. The molecule has 0 saturated carbocycles. The van der Waals surface area contributed by atoms with E-state index in [4.69, 9.17) is 28.3 Å². The maximum Gasteiger partial charge on any atom is 0.303 e. The van der Waals surface area contributed by atoms with Crippen molar-refractivity contribution in [2.75, 3.05) is 26.2 Å². The minimum atomic E-state index is -0.763. The summed E-state index contributed by atoms with van der Waals surface area (Å²) in [4.78, 5) is 28.2. The predicted octanol–water partition coefficient (Wildman–Crippen LogP) is 5.63. The summed E-state index contributed by atoms with van der Waals surface area (Å²) in [7, 11) is 0. The first-order valence-electron chi connectivity index (χ1n) is 12.2. The molecule has 3 aromatic rings. The van der Waals surface area contributed by atoms with Crippen LogP contribution in [0.25, 0.3) is 10.9 Å². The first kappa shape index (κ1) is 27.7. The van der Waals surface area contributed by atoms with Crippen molar-refractivity contribution in [2.24, 2.45) is 5.92 Å². The van der Waals surface area contributed by atoms with Crippen LogP contribution >= 0.6 is 35.6 Å². The van der Waals surface area contributed by atoms with Crippen LogP contribution in [0.2, 0.25) is 10.0 Å². The second-order valence-electron chi connectivity index (χ2n) is 9.81. The Hall–Kier alpha value is -2.32. The molecule has 1 N–H and O–H groups in total. The van der Waals surface area contributed by atoms with Crippen molar-refractivity contribution in [2.45, 2.75) is 38.8 Å². The average molecular weight is 569 g/mol.